The molecule has 0 saturated carbocycles. The van der Waals surface area contributed by atoms with E-state index in [1.807, 2.05) is 31.2 Å². The number of amides is 1. The fourth-order valence-electron chi connectivity index (χ4n) is 1.29. The number of nitrogens with two attached hydrogens (primary N) is 1. The molecule has 82 valence electrons. The second kappa shape index (κ2) is 6.03. The van der Waals surface area contributed by atoms with Crippen LogP contribution in [0.15, 0.2) is 24.3 Å². The minimum absolute atomic E-state index is 0.156. The van der Waals surface area contributed by atoms with Crippen LogP contribution in [0.1, 0.15) is 18.9 Å². The number of hydrogen-bond donors (Lipinski definition) is 2. The molecule has 1 amide bonds. The molecule has 0 aliphatic rings. The van der Waals surface area contributed by atoms with Crippen LogP contribution in [-0.4, -0.2) is 12.5 Å². The zero-order chi connectivity index (χ0) is 11.1. The van der Waals surface area contributed by atoms with Crippen molar-refractivity contribution >= 4 is 5.91 Å². The highest BCUT2D eigenvalue weighted by atomic mass is 16.5. The highest BCUT2D eigenvalue weighted by molar-refractivity contribution is 5.75. The Kier molecular flexibility index (Phi) is 4.63. The second-order valence-electron chi connectivity index (χ2n) is 3.15. The highest BCUT2D eigenvalue weighted by Gasteiger charge is 2.01. The molecule has 1 aromatic rings. The van der Waals surface area contributed by atoms with Crippen LogP contribution in [0.3, 0.4) is 0 Å². The minimum Gasteiger partial charge on any atom is -0.494 e. The van der Waals surface area contributed by atoms with Gasteiger partial charge in [0.15, 0.2) is 0 Å². The molecule has 0 heterocycles. The first-order valence-corrected chi connectivity index (χ1v) is 4.97. The van der Waals surface area contributed by atoms with E-state index in [0.29, 0.717) is 19.4 Å². The third-order valence-corrected chi connectivity index (χ3v) is 2.01. The van der Waals surface area contributed by atoms with E-state index in [-0.39, 0.29) is 5.91 Å². The summed E-state index contributed by atoms with van der Waals surface area (Å²) in [5, 5.41) is 0. The Morgan fingerprint density at radius 3 is 3.00 bits per heavy atom. The molecule has 1 rings (SSSR count). The summed E-state index contributed by atoms with van der Waals surface area (Å²) < 4.78 is 5.35. The molecule has 0 aromatic heterocycles. The van der Waals surface area contributed by atoms with Crippen molar-refractivity contribution in [2.75, 3.05) is 6.61 Å². The topological polar surface area (TPSA) is 64.3 Å². The van der Waals surface area contributed by atoms with Gasteiger partial charge in [-0.15, -0.1) is 0 Å². The number of aryl methyl sites for hydroxylation is 1. The first kappa shape index (κ1) is 11.5. The Labute approximate surface area is 89.4 Å². The molecular formula is C11H16N2O2. The maximum atomic E-state index is 10.9. The van der Waals surface area contributed by atoms with Crippen molar-refractivity contribution in [1.82, 2.24) is 5.43 Å². The van der Waals surface area contributed by atoms with E-state index >= 15 is 0 Å². The normalized spacial score (nSPS) is 9.73. The number of rotatable bonds is 5. The summed E-state index contributed by atoms with van der Waals surface area (Å²) in [4.78, 5) is 10.9. The number of hydrazine groups is 1. The SMILES string of the molecule is CCOc1cccc(CCC(=O)NN)c1. The molecule has 0 aliphatic heterocycles. The third-order valence-electron chi connectivity index (χ3n) is 2.01. The number of benzene rings is 1. The summed E-state index contributed by atoms with van der Waals surface area (Å²) in [7, 11) is 0. The van der Waals surface area contributed by atoms with Gasteiger partial charge in [0.1, 0.15) is 5.75 Å². The van der Waals surface area contributed by atoms with Crippen LogP contribution in [0.25, 0.3) is 0 Å². The lowest BCUT2D eigenvalue weighted by molar-refractivity contribution is -0.121. The summed E-state index contributed by atoms with van der Waals surface area (Å²) in [6.45, 7) is 2.58. The lowest BCUT2D eigenvalue weighted by Crippen LogP contribution is -2.30. The van der Waals surface area contributed by atoms with Crippen LogP contribution in [0, 0.1) is 0 Å². The minimum atomic E-state index is -0.156. The smallest absolute Gasteiger partial charge is 0.234 e. The zero-order valence-corrected chi connectivity index (χ0v) is 8.82. The van der Waals surface area contributed by atoms with E-state index in [9.17, 15) is 4.79 Å². The first-order valence-electron chi connectivity index (χ1n) is 4.97. The Morgan fingerprint density at radius 2 is 2.33 bits per heavy atom. The lowest BCUT2D eigenvalue weighted by Gasteiger charge is -2.05. The number of nitrogens with one attached hydrogen (secondary N) is 1. The molecule has 4 heteroatoms. The summed E-state index contributed by atoms with van der Waals surface area (Å²) in [5.74, 6) is 5.67. The molecule has 4 nitrogen and oxygen atoms in total. The highest BCUT2D eigenvalue weighted by Crippen LogP contribution is 2.14. The Bertz CT molecular complexity index is 326. The van der Waals surface area contributed by atoms with E-state index in [4.69, 9.17) is 10.6 Å². The zero-order valence-electron chi connectivity index (χ0n) is 8.82. The quantitative estimate of drug-likeness (QED) is 0.431. The van der Waals surface area contributed by atoms with Gasteiger partial charge in [-0.3, -0.25) is 10.2 Å². The van der Waals surface area contributed by atoms with E-state index in [1.165, 1.54) is 0 Å². The van der Waals surface area contributed by atoms with Crippen molar-refractivity contribution in [1.29, 1.82) is 0 Å². The van der Waals surface area contributed by atoms with Crippen molar-refractivity contribution in [3.8, 4) is 5.75 Å². The molecule has 3 N–H and O–H groups in total. The van der Waals surface area contributed by atoms with Crippen molar-refractivity contribution in [3.63, 3.8) is 0 Å². The van der Waals surface area contributed by atoms with Crippen molar-refractivity contribution in [2.24, 2.45) is 5.84 Å². The fraction of sp³-hybridized carbons (Fsp3) is 0.364. The van der Waals surface area contributed by atoms with Gasteiger partial charge in [-0.05, 0) is 31.0 Å². The number of ether oxygens (including phenoxy) is 1. The molecule has 0 aliphatic carbocycles. The Morgan fingerprint density at radius 1 is 1.53 bits per heavy atom. The van der Waals surface area contributed by atoms with Crippen LogP contribution in [-0.2, 0) is 11.2 Å². The Hall–Kier alpha value is -1.55. The first-order chi connectivity index (χ1) is 7.26. The summed E-state index contributed by atoms with van der Waals surface area (Å²) in [5.41, 5.74) is 3.18. The molecule has 0 unspecified atom stereocenters. The number of carbonyl (C=O) groups excluding carboxylic acids is 1. The molecule has 0 bridgehead atoms. The third kappa shape index (κ3) is 3.99. The molecule has 0 radical (unpaired) electrons. The summed E-state index contributed by atoms with van der Waals surface area (Å²) in [6, 6.07) is 7.72. The number of hydrogen-bond acceptors (Lipinski definition) is 3. The van der Waals surface area contributed by atoms with E-state index in [2.05, 4.69) is 5.43 Å². The maximum Gasteiger partial charge on any atom is 0.234 e. The van der Waals surface area contributed by atoms with Gasteiger partial charge in [0.05, 0.1) is 6.61 Å². The van der Waals surface area contributed by atoms with Crippen molar-refractivity contribution in [3.05, 3.63) is 29.8 Å². The van der Waals surface area contributed by atoms with Crippen molar-refractivity contribution in [2.45, 2.75) is 19.8 Å². The van der Waals surface area contributed by atoms with Crippen LogP contribution in [0.4, 0.5) is 0 Å². The predicted octanol–water partition coefficient (Wildman–Crippen LogP) is 1.01. The molecule has 0 atom stereocenters. The Balaban J connectivity index is 2.53. The molecular weight excluding hydrogens is 192 g/mol. The van der Waals surface area contributed by atoms with Gasteiger partial charge >= 0.3 is 0 Å². The monoisotopic (exact) mass is 208 g/mol. The van der Waals surface area contributed by atoms with Gasteiger partial charge in [0.2, 0.25) is 5.91 Å². The van der Waals surface area contributed by atoms with Crippen molar-refractivity contribution < 1.29 is 9.53 Å². The average molecular weight is 208 g/mol. The summed E-state index contributed by atoms with van der Waals surface area (Å²) >= 11 is 0. The van der Waals surface area contributed by atoms with Gasteiger partial charge in [-0.2, -0.15) is 0 Å². The second-order valence-corrected chi connectivity index (χ2v) is 3.15. The van der Waals surface area contributed by atoms with Gasteiger partial charge in [0.25, 0.3) is 0 Å². The van der Waals surface area contributed by atoms with Crippen LogP contribution >= 0.6 is 0 Å². The van der Waals surface area contributed by atoms with Gasteiger partial charge in [-0.1, -0.05) is 12.1 Å². The number of carbonyl (C=O) groups is 1. The van der Waals surface area contributed by atoms with E-state index in [1.54, 1.807) is 0 Å². The largest absolute Gasteiger partial charge is 0.494 e. The van der Waals surface area contributed by atoms with Gasteiger partial charge in [-0.25, -0.2) is 5.84 Å². The van der Waals surface area contributed by atoms with Crippen LogP contribution < -0.4 is 16.0 Å². The van der Waals surface area contributed by atoms with E-state index < -0.39 is 0 Å². The average Bonchev–Trinajstić information content (AvgIpc) is 2.27. The van der Waals surface area contributed by atoms with Crippen LogP contribution in [0.2, 0.25) is 0 Å². The van der Waals surface area contributed by atoms with Gasteiger partial charge < -0.3 is 4.74 Å². The molecule has 15 heavy (non-hydrogen) atoms. The predicted molar refractivity (Wildman–Crippen MR) is 58.3 cm³/mol. The standard InChI is InChI=1S/C11H16N2O2/c1-2-15-10-5-3-4-9(8-10)6-7-11(14)13-12/h3-5,8H,2,6-7,12H2,1H3,(H,13,14). The summed E-state index contributed by atoms with van der Waals surface area (Å²) in [6.07, 6.45) is 1.07. The molecule has 0 spiro atoms. The fourth-order valence-corrected chi connectivity index (χ4v) is 1.29. The molecule has 0 saturated heterocycles. The van der Waals surface area contributed by atoms with Crippen LogP contribution in [0.5, 0.6) is 5.75 Å². The van der Waals surface area contributed by atoms with Gasteiger partial charge in [0, 0.05) is 6.42 Å². The lowest BCUT2D eigenvalue weighted by atomic mass is 10.1. The molecule has 1 aromatic carbocycles. The maximum absolute atomic E-state index is 10.9. The van der Waals surface area contributed by atoms with E-state index in [0.717, 1.165) is 11.3 Å². The molecule has 0 fully saturated rings.